The van der Waals surface area contributed by atoms with Crippen molar-refractivity contribution in [1.29, 1.82) is 0 Å². The third-order valence-corrected chi connectivity index (χ3v) is 7.04. The van der Waals surface area contributed by atoms with Gasteiger partial charge in [0.25, 0.3) is 5.56 Å². The van der Waals surface area contributed by atoms with Crippen LogP contribution < -0.4 is 10.9 Å². The smallest absolute Gasteiger partial charge is 0.263 e. The molecular formula is C26H25N3O2S2. The van der Waals surface area contributed by atoms with Gasteiger partial charge in [-0.3, -0.25) is 14.2 Å². The predicted molar refractivity (Wildman–Crippen MR) is 138 cm³/mol. The lowest BCUT2D eigenvalue weighted by Gasteiger charge is -2.11. The highest BCUT2D eigenvalue weighted by Crippen LogP contribution is 2.32. The quantitative estimate of drug-likeness (QED) is 0.196. The Morgan fingerprint density at radius 1 is 1.12 bits per heavy atom. The number of allylic oxidation sites excluding steroid dienone is 1. The summed E-state index contributed by atoms with van der Waals surface area (Å²) in [6.07, 6.45) is 2.87. The van der Waals surface area contributed by atoms with Gasteiger partial charge in [0.15, 0.2) is 5.16 Å². The Hall–Kier alpha value is -3.16. The summed E-state index contributed by atoms with van der Waals surface area (Å²) in [6.45, 7) is 4.78. The van der Waals surface area contributed by atoms with Gasteiger partial charge >= 0.3 is 0 Å². The third kappa shape index (κ3) is 5.61. The van der Waals surface area contributed by atoms with Crippen molar-refractivity contribution >= 4 is 39.2 Å². The Bertz CT molecular complexity index is 1300. The number of fused-ring (bicyclic) bond motifs is 1. The van der Waals surface area contributed by atoms with Crippen LogP contribution in [0.5, 0.6) is 0 Å². The van der Waals surface area contributed by atoms with Crippen LogP contribution >= 0.6 is 23.1 Å². The van der Waals surface area contributed by atoms with E-state index < -0.39 is 0 Å². The second kappa shape index (κ2) is 11.1. The molecule has 0 spiro atoms. The van der Waals surface area contributed by atoms with Crippen molar-refractivity contribution in [2.24, 2.45) is 0 Å². The van der Waals surface area contributed by atoms with Crippen LogP contribution in [0, 0.1) is 0 Å². The highest BCUT2D eigenvalue weighted by molar-refractivity contribution is 7.99. The van der Waals surface area contributed by atoms with E-state index in [9.17, 15) is 9.59 Å². The molecule has 0 saturated heterocycles. The van der Waals surface area contributed by atoms with Crippen molar-refractivity contribution in [2.45, 2.75) is 24.5 Å². The Kier molecular flexibility index (Phi) is 7.75. The molecule has 2 aromatic carbocycles. The first-order valence-electron chi connectivity index (χ1n) is 10.8. The van der Waals surface area contributed by atoms with Gasteiger partial charge in [0.1, 0.15) is 4.83 Å². The zero-order valence-corrected chi connectivity index (χ0v) is 19.8. The van der Waals surface area contributed by atoms with Crippen LogP contribution in [0.3, 0.4) is 0 Å². The Morgan fingerprint density at radius 2 is 1.85 bits per heavy atom. The van der Waals surface area contributed by atoms with Crippen molar-refractivity contribution < 1.29 is 4.79 Å². The van der Waals surface area contributed by atoms with E-state index in [0.29, 0.717) is 40.6 Å². The van der Waals surface area contributed by atoms with Crippen LogP contribution in [0.4, 0.5) is 0 Å². The minimum absolute atomic E-state index is 0.000357. The van der Waals surface area contributed by atoms with Crippen molar-refractivity contribution in [1.82, 2.24) is 14.9 Å². The maximum atomic E-state index is 13.4. The van der Waals surface area contributed by atoms with Crippen LogP contribution in [0.25, 0.3) is 21.3 Å². The van der Waals surface area contributed by atoms with Gasteiger partial charge in [-0.2, -0.15) is 0 Å². The molecule has 0 atom stereocenters. The van der Waals surface area contributed by atoms with Crippen molar-refractivity contribution in [3.8, 4) is 11.1 Å². The second-order valence-electron chi connectivity index (χ2n) is 7.48. The van der Waals surface area contributed by atoms with Crippen molar-refractivity contribution in [2.75, 3.05) is 12.3 Å². The number of rotatable bonds is 10. The molecule has 4 aromatic rings. The summed E-state index contributed by atoms with van der Waals surface area (Å²) in [5, 5.41) is 6.20. The van der Waals surface area contributed by atoms with E-state index in [1.165, 1.54) is 28.7 Å². The monoisotopic (exact) mass is 475 g/mol. The predicted octanol–water partition coefficient (Wildman–Crippen LogP) is 5.15. The zero-order chi connectivity index (χ0) is 23.0. The number of amides is 1. The number of nitrogens with zero attached hydrogens (tertiary/aromatic N) is 2. The Morgan fingerprint density at radius 3 is 2.58 bits per heavy atom. The molecule has 168 valence electrons. The first-order valence-corrected chi connectivity index (χ1v) is 12.7. The number of carbonyl (C=O) groups excluding carboxylic acids is 1. The second-order valence-corrected chi connectivity index (χ2v) is 9.40. The van der Waals surface area contributed by atoms with E-state index in [4.69, 9.17) is 4.98 Å². The summed E-state index contributed by atoms with van der Waals surface area (Å²) >= 11 is 2.90. The number of hydrogen-bond donors (Lipinski definition) is 1. The molecule has 7 heteroatoms. The largest absolute Gasteiger partial charge is 0.356 e. The lowest BCUT2D eigenvalue weighted by atomic mass is 10.1. The minimum Gasteiger partial charge on any atom is -0.356 e. The standard InChI is InChI=1S/C26H25N3O2S2/c1-2-16-29-25(31)23-21(20-11-7-4-8-12-20)18-33-24(23)28-26(29)32-17-14-22(30)27-15-13-19-9-5-3-6-10-19/h2-12,18H,1,13-17H2,(H,27,30). The maximum absolute atomic E-state index is 13.4. The van der Waals surface area contributed by atoms with E-state index >= 15 is 0 Å². The van der Waals surface area contributed by atoms with Crippen LogP contribution in [-0.2, 0) is 17.8 Å². The van der Waals surface area contributed by atoms with E-state index in [0.717, 1.165) is 17.5 Å². The number of nitrogens with one attached hydrogen (secondary N) is 1. The molecule has 0 saturated carbocycles. The molecule has 0 aliphatic rings. The normalized spacial score (nSPS) is 10.9. The topological polar surface area (TPSA) is 64.0 Å². The van der Waals surface area contributed by atoms with E-state index in [2.05, 4.69) is 24.0 Å². The fourth-order valence-electron chi connectivity index (χ4n) is 3.55. The van der Waals surface area contributed by atoms with Crippen molar-refractivity contribution in [3.63, 3.8) is 0 Å². The van der Waals surface area contributed by atoms with Crippen LogP contribution in [0.15, 0.2) is 88.6 Å². The van der Waals surface area contributed by atoms with Crippen LogP contribution in [0.1, 0.15) is 12.0 Å². The third-order valence-electron chi connectivity index (χ3n) is 5.19. The first-order chi connectivity index (χ1) is 16.2. The fraction of sp³-hybridized carbons (Fsp3) is 0.192. The molecule has 1 amide bonds. The van der Waals surface area contributed by atoms with Gasteiger partial charge in [-0.15, -0.1) is 17.9 Å². The minimum atomic E-state index is -0.0742. The SMILES string of the molecule is C=CCn1c(SCCC(=O)NCCc2ccccc2)nc2scc(-c3ccccc3)c2c1=O. The molecule has 0 bridgehead atoms. The summed E-state index contributed by atoms with van der Waals surface area (Å²) in [5.41, 5.74) is 3.03. The summed E-state index contributed by atoms with van der Waals surface area (Å²) in [5.74, 6) is 0.544. The maximum Gasteiger partial charge on any atom is 0.263 e. The van der Waals surface area contributed by atoms with Crippen molar-refractivity contribution in [3.05, 3.63) is 94.6 Å². The lowest BCUT2D eigenvalue weighted by Crippen LogP contribution is -2.26. The molecule has 0 aliphatic heterocycles. The Labute approximate surface area is 201 Å². The summed E-state index contributed by atoms with van der Waals surface area (Å²) in [7, 11) is 0. The first kappa shape index (κ1) is 23.0. The average molecular weight is 476 g/mol. The fourth-order valence-corrected chi connectivity index (χ4v) is 5.49. The van der Waals surface area contributed by atoms with Gasteiger partial charge in [-0.05, 0) is 17.5 Å². The van der Waals surface area contributed by atoms with E-state index in [1.807, 2.05) is 53.9 Å². The molecule has 4 rings (SSSR count). The molecule has 0 fully saturated rings. The number of thiophene rings is 1. The number of aromatic nitrogens is 2. The van der Waals surface area contributed by atoms with Gasteiger partial charge in [0.2, 0.25) is 5.91 Å². The number of hydrogen-bond acceptors (Lipinski definition) is 5. The summed E-state index contributed by atoms with van der Waals surface area (Å²) in [4.78, 5) is 31.1. The molecule has 5 nitrogen and oxygen atoms in total. The average Bonchev–Trinajstić information content (AvgIpc) is 3.27. The number of benzene rings is 2. The highest BCUT2D eigenvalue weighted by atomic mass is 32.2. The molecule has 0 aliphatic carbocycles. The van der Waals surface area contributed by atoms with Crippen LogP contribution in [0.2, 0.25) is 0 Å². The van der Waals surface area contributed by atoms with Gasteiger partial charge in [0.05, 0.1) is 5.39 Å². The lowest BCUT2D eigenvalue weighted by molar-refractivity contribution is -0.120. The number of thioether (sulfide) groups is 1. The highest BCUT2D eigenvalue weighted by Gasteiger charge is 2.17. The van der Waals surface area contributed by atoms with Crippen LogP contribution in [-0.4, -0.2) is 27.8 Å². The molecule has 1 N–H and O–H groups in total. The summed E-state index contributed by atoms with van der Waals surface area (Å²) < 4.78 is 1.65. The summed E-state index contributed by atoms with van der Waals surface area (Å²) in [6, 6.07) is 20.0. The molecule has 2 heterocycles. The van der Waals surface area contributed by atoms with Gasteiger partial charge in [0, 0.05) is 36.2 Å². The molecule has 0 radical (unpaired) electrons. The van der Waals surface area contributed by atoms with Gasteiger partial charge in [-0.25, -0.2) is 4.98 Å². The van der Waals surface area contributed by atoms with Gasteiger partial charge < -0.3 is 5.32 Å². The zero-order valence-electron chi connectivity index (χ0n) is 18.2. The van der Waals surface area contributed by atoms with E-state index in [1.54, 1.807) is 10.6 Å². The van der Waals surface area contributed by atoms with Gasteiger partial charge in [-0.1, -0.05) is 78.5 Å². The molecule has 33 heavy (non-hydrogen) atoms. The van der Waals surface area contributed by atoms with E-state index in [-0.39, 0.29) is 11.5 Å². The molecule has 0 unspecified atom stereocenters. The molecule has 2 aromatic heterocycles. The number of carbonyl (C=O) groups is 1. The molecular weight excluding hydrogens is 450 g/mol. The Balaban J connectivity index is 1.44.